The van der Waals surface area contributed by atoms with Gasteiger partial charge in [0.25, 0.3) is 5.91 Å². The lowest BCUT2D eigenvalue weighted by molar-refractivity contribution is 0.0677. The molecule has 1 aliphatic rings. The maximum absolute atomic E-state index is 12.4. The lowest BCUT2D eigenvalue weighted by atomic mass is 10.0. The maximum atomic E-state index is 12.4. The van der Waals surface area contributed by atoms with Crippen molar-refractivity contribution in [2.24, 2.45) is 17.6 Å². The summed E-state index contributed by atoms with van der Waals surface area (Å²) in [5.41, 5.74) is 6.70. The Balaban J connectivity index is 2.02. The summed E-state index contributed by atoms with van der Waals surface area (Å²) >= 11 is 1.51. The summed E-state index contributed by atoms with van der Waals surface area (Å²) in [6, 6.07) is -0.0539. The highest BCUT2D eigenvalue weighted by atomic mass is 32.1. The quantitative estimate of drug-likeness (QED) is 0.928. The van der Waals surface area contributed by atoms with Crippen LogP contribution in [0.4, 0.5) is 0 Å². The molecule has 0 bridgehead atoms. The molecule has 1 aliphatic heterocycles. The lowest BCUT2D eigenvalue weighted by Gasteiger charge is -2.30. The van der Waals surface area contributed by atoms with Crippen LogP contribution in [-0.2, 0) is 0 Å². The molecule has 112 valence electrons. The zero-order chi connectivity index (χ0) is 14.7. The van der Waals surface area contributed by atoms with Gasteiger partial charge in [-0.25, -0.2) is 4.98 Å². The number of hydrogen-bond donors (Lipinski definition) is 1. The molecule has 2 N–H and O–H groups in total. The minimum atomic E-state index is -0.0539. The van der Waals surface area contributed by atoms with Gasteiger partial charge < -0.3 is 10.6 Å². The van der Waals surface area contributed by atoms with Crippen molar-refractivity contribution < 1.29 is 4.79 Å². The van der Waals surface area contributed by atoms with Gasteiger partial charge in [-0.05, 0) is 31.1 Å². The van der Waals surface area contributed by atoms with E-state index in [-0.39, 0.29) is 11.9 Å². The van der Waals surface area contributed by atoms with Crippen LogP contribution in [0.5, 0.6) is 0 Å². The first-order valence-electron chi connectivity index (χ1n) is 7.47. The van der Waals surface area contributed by atoms with Gasteiger partial charge in [-0.2, -0.15) is 0 Å². The van der Waals surface area contributed by atoms with Gasteiger partial charge in [0.1, 0.15) is 10.7 Å². The third-order valence-electron chi connectivity index (χ3n) is 3.73. The topological polar surface area (TPSA) is 59.2 Å². The molecule has 5 heteroatoms. The van der Waals surface area contributed by atoms with Crippen LogP contribution in [0.15, 0.2) is 5.38 Å². The molecule has 1 aromatic heterocycles. The van der Waals surface area contributed by atoms with Gasteiger partial charge in [0.15, 0.2) is 0 Å². The standard InChI is InChI=1S/C15H25N3OS/c1-10(2)7-12(16)14-17-13(9-20-14)15(19)18-6-4-5-11(3)8-18/h9-12H,4-8,16H2,1-3H3. The molecule has 1 saturated heterocycles. The van der Waals surface area contributed by atoms with Gasteiger partial charge in [-0.3, -0.25) is 4.79 Å². The van der Waals surface area contributed by atoms with E-state index in [1.165, 1.54) is 17.8 Å². The number of carbonyl (C=O) groups excluding carboxylic acids is 1. The second-order valence-corrected chi connectivity index (χ2v) is 7.20. The second kappa shape index (κ2) is 6.68. The first-order valence-corrected chi connectivity index (χ1v) is 8.35. The van der Waals surface area contributed by atoms with Crippen molar-refractivity contribution in [3.05, 3.63) is 16.1 Å². The fourth-order valence-corrected chi connectivity index (χ4v) is 3.51. The van der Waals surface area contributed by atoms with Gasteiger partial charge in [0.2, 0.25) is 0 Å². The number of amides is 1. The molecule has 1 fully saturated rings. The van der Waals surface area contributed by atoms with Crippen molar-refractivity contribution in [1.29, 1.82) is 0 Å². The third kappa shape index (κ3) is 3.79. The largest absolute Gasteiger partial charge is 0.337 e. The second-order valence-electron chi connectivity index (χ2n) is 6.31. The Hall–Kier alpha value is -0.940. The molecule has 2 unspecified atom stereocenters. The summed E-state index contributed by atoms with van der Waals surface area (Å²) in [6.07, 6.45) is 3.21. The molecule has 2 atom stereocenters. The number of carbonyl (C=O) groups is 1. The van der Waals surface area contributed by atoms with E-state index in [4.69, 9.17) is 5.73 Å². The number of nitrogens with two attached hydrogens (primary N) is 1. The Morgan fingerprint density at radius 2 is 2.35 bits per heavy atom. The maximum Gasteiger partial charge on any atom is 0.273 e. The van der Waals surface area contributed by atoms with Crippen LogP contribution in [0.3, 0.4) is 0 Å². The van der Waals surface area contributed by atoms with E-state index in [0.29, 0.717) is 17.5 Å². The van der Waals surface area contributed by atoms with E-state index < -0.39 is 0 Å². The summed E-state index contributed by atoms with van der Waals surface area (Å²) in [5, 5.41) is 2.74. The summed E-state index contributed by atoms with van der Waals surface area (Å²) < 4.78 is 0. The Morgan fingerprint density at radius 1 is 1.60 bits per heavy atom. The first-order chi connectivity index (χ1) is 9.47. The number of rotatable bonds is 4. The fraction of sp³-hybridized carbons (Fsp3) is 0.733. The molecule has 0 spiro atoms. The first kappa shape index (κ1) is 15.4. The molecular formula is C15H25N3OS. The highest BCUT2D eigenvalue weighted by Crippen LogP contribution is 2.24. The summed E-state index contributed by atoms with van der Waals surface area (Å²) in [7, 11) is 0. The molecule has 0 aromatic carbocycles. The number of aromatic nitrogens is 1. The molecule has 0 aliphatic carbocycles. The van der Waals surface area contributed by atoms with Gasteiger partial charge in [0.05, 0.1) is 6.04 Å². The average molecular weight is 295 g/mol. The lowest BCUT2D eigenvalue weighted by Crippen LogP contribution is -2.39. The fourth-order valence-electron chi connectivity index (χ4n) is 2.70. The van der Waals surface area contributed by atoms with Crippen molar-refractivity contribution in [2.75, 3.05) is 13.1 Å². The van der Waals surface area contributed by atoms with E-state index in [1.54, 1.807) is 0 Å². The zero-order valence-corrected chi connectivity index (χ0v) is 13.4. The predicted molar refractivity (Wildman–Crippen MR) is 82.8 cm³/mol. The summed E-state index contributed by atoms with van der Waals surface area (Å²) in [6.45, 7) is 8.20. The smallest absolute Gasteiger partial charge is 0.273 e. The van der Waals surface area contributed by atoms with Crippen LogP contribution in [0.2, 0.25) is 0 Å². The van der Waals surface area contributed by atoms with Gasteiger partial charge in [-0.15, -0.1) is 11.3 Å². The van der Waals surface area contributed by atoms with Crippen molar-refractivity contribution in [2.45, 2.75) is 46.1 Å². The molecular weight excluding hydrogens is 270 g/mol. The highest BCUT2D eigenvalue weighted by Gasteiger charge is 2.24. The van der Waals surface area contributed by atoms with Crippen LogP contribution in [0, 0.1) is 11.8 Å². The minimum Gasteiger partial charge on any atom is -0.337 e. The number of piperidine rings is 1. The van der Waals surface area contributed by atoms with Gasteiger partial charge >= 0.3 is 0 Å². The van der Waals surface area contributed by atoms with Crippen LogP contribution in [-0.4, -0.2) is 28.9 Å². The molecule has 0 radical (unpaired) electrons. The van der Waals surface area contributed by atoms with Crippen molar-refractivity contribution in [3.8, 4) is 0 Å². The van der Waals surface area contributed by atoms with Gasteiger partial charge in [-0.1, -0.05) is 20.8 Å². The summed E-state index contributed by atoms with van der Waals surface area (Å²) in [5.74, 6) is 1.20. The number of likely N-dealkylation sites (tertiary alicyclic amines) is 1. The Morgan fingerprint density at radius 3 is 3.00 bits per heavy atom. The van der Waals surface area contributed by atoms with Crippen LogP contribution < -0.4 is 5.73 Å². The molecule has 4 nitrogen and oxygen atoms in total. The Labute approximate surface area is 125 Å². The van der Waals surface area contributed by atoms with E-state index >= 15 is 0 Å². The minimum absolute atomic E-state index is 0.0539. The molecule has 2 rings (SSSR count). The zero-order valence-electron chi connectivity index (χ0n) is 12.6. The van der Waals surface area contributed by atoms with E-state index in [1.807, 2.05) is 10.3 Å². The monoisotopic (exact) mass is 295 g/mol. The van der Waals surface area contributed by atoms with Crippen molar-refractivity contribution >= 4 is 17.2 Å². The van der Waals surface area contributed by atoms with Crippen LogP contribution in [0.1, 0.15) is 61.6 Å². The molecule has 20 heavy (non-hydrogen) atoms. The molecule has 1 amide bonds. The van der Waals surface area contributed by atoms with Crippen LogP contribution in [0.25, 0.3) is 0 Å². The normalized spacial score (nSPS) is 21.2. The Bertz CT molecular complexity index is 458. The van der Waals surface area contributed by atoms with Crippen molar-refractivity contribution in [3.63, 3.8) is 0 Å². The predicted octanol–water partition coefficient (Wildman–Crippen LogP) is 3.06. The van der Waals surface area contributed by atoms with Gasteiger partial charge in [0, 0.05) is 18.5 Å². The van der Waals surface area contributed by atoms with E-state index in [2.05, 4.69) is 25.8 Å². The average Bonchev–Trinajstić information content (AvgIpc) is 2.86. The number of hydrogen-bond acceptors (Lipinski definition) is 4. The third-order valence-corrected chi connectivity index (χ3v) is 4.70. The number of nitrogens with zero attached hydrogens (tertiary/aromatic N) is 2. The Kier molecular flexibility index (Phi) is 5.16. The van der Waals surface area contributed by atoms with Crippen molar-refractivity contribution in [1.82, 2.24) is 9.88 Å². The molecule has 2 heterocycles. The molecule has 1 aromatic rings. The van der Waals surface area contributed by atoms with E-state index in [9.17, 15) is 4.79 Å². The van der Waals surface area contributed by atoms with E-state index in [0.717, 1.165) is 30.9 Å². The summed E-state index contributed by atoms with van der Waals surface area (Å²) in [4.78, 5) is 18.8. The highest BCUT2D eigenvalue weighted by molar-refractivity contribution is 7.09. The SMILES string of the molecule is CC(C)CC(N)c1nc(C(=O)N2CCCC(C)C2)cs1. The van der Waals surface area contributed by atoms with Crippen LogP contribution >= 0.6 is 11.3 Å². The molecule has 0 saturated carbocycles. The number of thiazole rings is 1.